The highest BCUT2D eigenvalue weighted by Crippen LogP contribution is 2.28. The van der Waals surface area contributed by atoms with Crippen molar-refractivity contribution in [3.05, 3.63) is 22.8 Å². The van der Waals surface area contributed by atoms with Gasteiger partial charge in [-0.2, -0.15) is 0 Å². The molecular weight excluding hydrogens is 248 g/mol. The van der Waals surface area contributed by atoms with Crippen molar-refractivity contribution in [1.82, 2.24) is 0 Å². The van der Waals surface area contributed by atoms with Gasteiger partial charge in [0.15, 0.2) is 0 Å². The van der Waals surface area contributed by atoms with Gasteiger partial charge in [0, 0.05) is 6.08 Å². The molecule has 0 N–H and O–H groups in total. The predicted molar refractivity (Wildman–Crippen MR) is 86.5 cm³/mol. The van der Waals surface area contributed by atoms with Crippen molar-refractivity contribution in [3.8, 4) is 0 Å². The van der Waals surface area contributed by atoms with Crippen molar-refractivity contribution in [3.63, 3.8) is 0 Å². The molecule has 116 valence electrons. The fourth-order valence-electron chi connectivity index (χ4n) is 2.16. The van der Waals surface area contributed by atoms with E-state index in [4.69, 9.17) is 4.74 Å². The third-order valence-corrected chi connectivity index (χ3v) is 4.41. The molecule has 0 spiro atoms. The lowest BCUT2D eigenvalue weighted by molar-refractivity contribution is -0.137. The van der Waals surface area contributed by atoms with Crippen molar-refractivity contribution in [1.29, 1.82) is 0 Å². The quantitative estimate of drug-likeness (QED) is 0.366. The van der Waals surface area contributed by atoms with Crippen LogP contribution in [0.1, 0.15) is 61.8 Å². The third-order valence-electron chi connectivity index (χ3n) is 4.41. The number of hydrogen-bond acceptors (Lipinski definition) is 2. The summed E-state index contributed by atoms with van der Waals surface area (Å²) in [6.45, 7) is 17.6. The van der Waals surface area contributed by atoms with E-state index in [1.807, 2.05) is 13.8 Å². The van der Waals surface area contributed by atoms with E-state index in [9.17, 15) is 4.79 Å². The summed E-state index contributed by atoms with van der Waals surface area (Å²) in [6, 6.07) is 0. The molecule has 0 fully saturated rings. The number of carbonyl (C=O) groups is 1. The van der Waals surface area contributed by atoms with Crippen LogP contribution in [-0.2, 0) is 9.53 Å². The van der Waals surface area contributed by atoms with Gasteiger partial charge in [0.2, 0.25) is 0 Å². The zero-order chi connectivity index (χ0) is 15.9. The molecule has 0 aliphatic rings. The van der Waals surface area contributed by atoms with Gasteiger partial charge in [0.25, 0.3) is 0 Å². The van der Waals surface area contributed by atoms with E-state index in [-0.39, 0.29) is 5.97 Å². The Morgan fingerprint density at radius 3 is 2.10 bits per heavy atom. The van der Waals surface area contributed by atoms with Gasteiger partial charge in [0.05, 0.1) is 6.61 Å². The number of ether oxygens (including phenoxy) is 1. The summed E-state index contributed by atoms with van der Waals surface area (Å²) in [5.74, 6) is 1.71. The monoisotopic (exact) mass is 280 g/mol. The average Bonchev–Trinajstić information content (AvgIpc) is 2.36. The van der Waals surface area contributed by atoms with Crippen LogP contribution in [0.2, 0.25) is 0 Å². The smallest absolute Gasteiger partial charge is 0.331 e. The van der Waals surface area contributed by atoms with Crippen molar-refractivity contribution >= 4 is 5.97 Å². The summed E-state index contributed by atoms with van der Waals surface area (Å²) in [6.07, 6.45) is 2.79. The van der Waals surface area contributed by atoms with E-state index >= 15 is 0 Å². The molecule has 0 bridgehead atoms. The van der Waals surface area contributed by atoms with Crippen LogP contribution >= 0.6 is 0 Å². The van der Waals surface area contributed by atoms with Gasteiger partial charge in [0.1, 0.15) is 0 Å². The van der Waals surface area contributed by atoms with E-state index < -0.39 is 0 Å². The molecule has 0 saturated heterocycles. The van der Waals surface area contributed by atoms with Crippen molar-refractivity contribution in [2.45, 2.75) is 61.8 Å². The minimum absolute atomic E-state index is 0.250. The highest BCUT2D eigenvalue weighted by molar-refractivity contribution is 5.83. The molecule has 2 nitrogen and oxygen atoms in total. The molecule has 0 rings (SSSR count). The van der Waals surface area contributed by atoms with E-state index in [1.54, 1.807) is 6.08 Å². The van der Waals surface area contributed by atoms with Crippen LogP contribution in [0.15, 0.2) is 22.8 Å². The Hall–Kier alpha value is -1.05. The molecule has 0 heterocycles. The van der Waals surface area contributed by atoms with Crippen LogP contribution in [0.5, 0.6) is 0 Å². The fourth-order valence-corrected chi connectivity index (χ4v) is 2.16. The zero-order valence-electron chi connectivity index (χ0n) is 14.5. The second-order valence-electron chi connectivity index (χ2n) is 6.25. The Balaban J connectivity index is 4.91. The van der Waals surface area contributed by atoms with Crippen LogP contribution in [-0.4, -0.2) is 12.6 Å². The van der Waals surface area contributed by atoms with Gasteiger partial charge in [-0.1, -0.05) is 33.3 Å². The Morgan fingerprint density at radius 1 is 1.10 bits per heavy atom. The van der Waals surface area contributed by atoms with Gasteiger partial charge in [-0.15, -0.1) is 0 Å². The van der Waals surface area contributed by atoms with E-state index in [1.165, 1.54) is 17.6 Å². The maximum atomic E-state index is 11.5. The fraction of sp³-hybridized carbons (Fsp3) is 0.722. The van der Waals surface area contributed by atoms with Gasteiger partial charge in [-0.3, -0.25) is 0 Å². The summed E-state index contributed by atoms with van der Waals surface area (Å²) >= 11 is 0. The molecule has 0 amide bonds. The third kappa shape index (κ3) is 6.40. The molecule has 20 heavy (non-hydrogen) atoms. The summed E-state index contributed by atoms with van der Waals surface area (Å²) < 4.78 is 4.96. The molecule has 2 atom stereocenters. The van der Waals surface area contributed by atoms with Crippen LogP contribution in [0.3, 0.4) is 0 Å². The molecule has 0 saturated carbocycles. The Morgan fingerprint density at radius 2 is 1.65 bits per heavy atom. The van der Waals surface area contributed by atoms with Gasteiger partial charge in [-0.25, -0.2) is 4.79 Å². The van der Waals surface area contributed by atoms with Gasteiger partial charge in [-0.05, 0) is 63.0 Å². The summed E-state index contributed by atoms with van der Waals surface area (Å²) in [4.78, 5) is 11.5. The first-order chi connectivity index (χ1) is 9.20. The van der Waals surface area contributed by atoms with Crippen LogP contribution < -0.4 is 0 Å². The summed E-state index contributed by atoms with van der Waals surface area (Å²) in [5.41, 5.74) is 3.59. The second kappa shape index (κ2) is 8.99. The minimum Gasteiger partial charge on any atom is -0.463 e. The summed E-state index contributed by atoms with van der Waals surface area (Å²) in [5, 5.41) is 0. The van der Waals surface area contributed by atoms with Crippen LogP contribution in [0.4, 0.5) is 0 Å². The van der Waals surface area contributed by atoms with Crippen molar-refractivity contribution < 1.29 is 9.53 Å². The molecule has 0 radical (unpaired) electrons. The van der Waals surface area contributed by atoms with Gasteiger partial charge >= 0.3 is 5.97 Å². The second-order valence-corrected chi connectivity index (χ2v) is 6.25. The first-order valence-electron chi connectivity index (χ1n) is 7.73. The maximum absolute atomic E-state index is 11.5. The number of carbonyl (C=O) groups excluding carboxylic acids is 1. The Labute approximate surface area is 125 Å². The molecule has 2 unspecified atom stereocenters. The lowest BCUT2D eigenvalue weighted by atomic mass is 9.83. The Bertz CT molecular complexity index is 375. The molecule has 0 aromatic carbocycles. The van der Waals surface area contributed by atoms with Gasteiger partial charge < -0.3 is 4.74 Å². The number of esters is 1. The largest absolute Gasteiger partial charge is 0.463 e. The first kappa shape index (κ1) is 18.9. The highest BCUT2D eigenvalue weighted by Gasteiger charge is 2.15. The molecule has 0 aromatic rings. The van der Waals surface area contributed by atoms with E-state index in [0.717, 1.165) is 5.57 Å². The van der Waals surface area contributed by atoms with Crippen molar-refractivity contribution in [2.75, 3.05) is 6.61 Å². The highest BCUT2D eigenvalue weighted by atomic mass is 16.5. The standard InChI is InChI=1S/C18H32O2/c1-9-20-18(19)11-15(6)17(8)16(7)14(5)10-13(4)12(2)3/h11-14H,9-10H2,1-8H3/b15-11+,17-16+. The molecular formula is C18H32O2. The molecule has 0 aromatic heterocycles. The van der Waals surface area contributed by atoms with E-state index in [2.05, 4.69) is 41.5 Å². The first-order valence-corrected chi connectivity index (χ1v) is 7.73. The number of rotatable bonds is 7. The predicted octanol–water partition coefficient (Wildman–Crippen LogP) is 5.15. The Kier molecular flexibility index (Phi) is 8.52. The zero-order valence-corrected chi connectivity index (χ0v) is 14.5. The average molecular weight is 280 g/mol. The van der Waals surface area contributed by atoms with E-state index in [0.29, 0.717) is 24.4 Å². The lowest BCUT2D eigenvalue weighted by Crippen LogP contribution is -2.11. The summed E-state index contributed by atoms with van der Waals surface area (Å²) in [7, 11) is 0. The SMILES string of the molecule is CCOC(=O)/C=C(C)/C(C)=C(\C)C(C)CC(C)C(C)C. The number of allylic oxidation sites excluding steroid dienone is 3. The minimum atomic E-state index is -0.250. The normalized spacial score (nSPS) is 16.8. The van der Waals surface area contributed by atoms with Crippen LogP contribution in [0.25, 0.3) is 0 Å². The molecule has 2 heteroatoms. The lowest BCUT2D eigenvalue weighted by Gasteiger charge is -2.22. The number of hydrogen-bond donors (Lipinski definition) is 0. The molecule has 0 aliphatic carbocycles. The van der Waals surface area contributed by atoms with Crippen molar-refractivity contribution in [2.24, 2.45) is 17.8 Å². The maximum Gasteiger partial charge on any atom is 0.331 e. The topological polar surface area (TPSA) is 26.3 Å². The van der Waals surface area contributed by atoms with Crippen LogP contribution in [0, 0.1) is 17.8 Å². The molecule has 0 aliphatic heterocycles.